The molecule has 3 rings (SSSR count). The minimum Gasteiger partial charge on any atom is -0.508 e. The first-order chi connectivity index (χ1) is 12.6. The second-order valence-corrected chi connectivity index (χ2v) is 7.19. The molecular weight excluding hydrogens is 324 g/mol. The van der Waals surface area contributed by atoms with Gasteiger partial charge < -0.3 is 10.2 Å². The number of aromatic hydroxyl groups is 2. The number of hydrogen-bond acceptors (Lipinski definition) is 4. The van der Waals surface area contributed by atoms with E-state index in [4.69, 9.17) is 0 Å². The van der Waals surface area contributed by atoms with Crippen molar-refractivity contribution in [2.75, 3.05) is 26.2 Å². The first-order valence-corrected chi connectivity index (χ1v) is 9.65. The van der Waals surface area contributed by atoms with Gasteiger partial charge in [0.1, 0.15) is 11.5 Å². The SMILES string of the molecule is CCc1ccc(O)c(CN2CCN(Cc3cc(CC)ccc3O)CC2)c1.[HH].[HH]. The Balaban J connectivity index is 0.00000196. The van der Waals surface area contributed by atoms with Gasteiger partial charge in [0.25, 0.3) is 0 Å². The standard InChI is InChI=1S/C22H30N2O2.2H2/c1-3-17-5-7-21(25)19(13-17)15-23-9-11-24(12-10-23)16-20-14-18(4-2)6-8-22(20)26;;/h5-8,13-14,25-26H,3-4,9-12,15-16H2,1-2H3;2*1H. The molecule has 2 aromatic rings. The monoisotopic (exact) mass is 358 g/mol. The van der Waals surface area contributed by atoms with Gasteiger partial charge in [-0.25, -0.2) is 0 Å². The third kappa shape index (κ3) is 4.57. The van der Waals surface area contributed by atoms with Crippen LogP contribution in [0, 0.1) is 0 Å². The predicted molar refractivity (Wildman–Crippen MR) is 110 cm³/mol. The summed E-state index contributed by atoms with van der Waals surface area (Å²) in [6.07, 6.45) is 1.97. The second kappa shape index (κ2) is 8.56. The van der Waals surface area contributed by atoms with Gasteiger partial charge in [0, 0.05) is 53.2 Å². The largest absolute Gasteiger partial charge is 0.508 e. The number of phenolic OH excluding ortho intramolecular Hbond substituents is 2. The van der Waals surface area contributed by atoms with Crippen molar-refractivity contribution < 1.29 is 13.1 Å². The van der Waals surface area contributed by atoms with Crippen LogP contribution in [0.25, 0.3) is 0 Å². The lowest BCUT2D eigenvalue weighted by Gasteiger charge is -2.35. The summed E-state index contributed by atoms with van der Waals surface area (Å²) in [6, 6.07) is 11.9. The summed E-state index contributed by atoms with van der Waals surface area (Å²) >= 11 is 0. The summed E-state index contributed by atoms with van der Waals surface area (Å²) in [7, 11) is 0. The van der Waals surface area contributed by atoms with Crippen LogP contribution in [0.3, 0.4) is 0 Å². The number of rotatable bonds is 6. The van der Waals surface area contributed by atoms with Crippen molar-refractivity contribution in [2.45, 2.75) is 39.8 Å². The molecule has 144 valence electrons. The maximum Gasteiger partial charge on any atom is 0.120 e. The molecule has 0 unspecified atom stereocenters. The Labute approximate surface area is 159 Å². The maximum atomic E-state index is 10.1. The van der Waals surface area contributed by atoms with Gasteiger partial charge >= 0.3 is 0 Å². The smallest absolute Gasteiger partial charge is 0.120 e. The topological polar surface area (TPSA) is 46.9 Å². The second-order valence-electron chi connectivity index (χ2n) is 7.19. The van der Waals surface area contributed by atoms with Gasteiger partial charge in [-0.15, -0.1) is 0 Å². The quantitative estimate of drug-likeness (QED) is 0.818. The van der Waals surface area contributed by atoms with Gasteiger partial charge in [0.05, 0.1) is 0 Å². The number of aryl methyl sites for hydroxylation is 2. The molecule has 0 radical (unpaired) electrons. The normalized spacial score (nSPS) is 16.1. The zero-order valence-corrected chi connectivity index (χ0v) is 15.9. The van der Waals surface area contributed by atoms with Crippen molar-refractivity contribution in [3.05, 3.63) is 58.7 Å². The van der Waals surface area contributed by atoms with Crippen LogP contribution < -0.4 is 0 Å². The minimum absolute atomic E-state index is 0. The van der Waals surface area contributed by atoms with E-state index in [1.165, 1.54) is 11.1 Å². The first-order valence-electron chi connectivity index (χ1n) is 9.65. The Hall–Kier alpha value is -2.04. The van der Waals surface area contributed by atoms with Gasteiger partial charge in [0.2, 0.25) is 0 Å². The van der Waals surface area contributed by atoms with Gasteiger partial charge in [-0.05, 0) is 36.1 Å². The highest BCUT2D eigenvalue weighted by Crippen LogP contribution is 2.23. The van der Waals surface area contributed by atoms with Crippen LogP contribution >= 0.6 is 0 Å². The molecule has 0 aromatic heterocycles. The van der Waals surface area contributed by atoms with Gasteiger partial charge in [0.15, 0.2) is 0 Å². The fourth-order valence-corrected chi connectivity index (χ4v) is 3.56. The minimum atomic E-state index is 0. The van der Waals surface area contributed by atoms with Crippen LogP contribution in [0.5, 0.6) is 11.5 Å². The van der Waals surface area contributed by atoms with Crippen molar-refractivity contribution in [2.24, 2.45) is 0 Å². The molecule has 2 aromatic carbocycles. The van der Waals surface area contributed by atoms with Crippen molar-refractivity contribution in [3.8, 4) is 11.5 Å². The molecule has 0 atom stereocenters. The molecule has 0 saturated carbocycles. The van der Waals surface area contributed by atoms with Gasteiger partial charge in [-0.2, -0.15) is 0 Å². The van der Waals surface area contributed by atoms with Crippen LogP contribution in [-0.2, 0) is 25.9 Å². The molecule has 0 spiro atoms. The van der Waals surface area contributed by atoms with Crippen LogP contribution in [0.2, 0.25) is 0 Å². The Morgan fingerprint density at radius 1 is 0.731 bits per heavy atom. The Morgan fingerprint density at radius 2 is 1.12 bits per heavy atom. The molecule has 0 amide bonds. The molecule has 4 heteroatoms. The highest BCUT2D eigenvalue weighted by Gasteiger charge is 2.19. The zero-order valence-electron chi connectivity index (χ0n) is 15.9. The molecule has 1 fully saturated rings. The third-order valence-electron chi connectivity index (χ3n) is 5.36. The van der Waals surface area contributed by atoms with E-state index >= 15 is 0 Å². The number of phenols is 2. The molecule has 1 aliphatic heterocycles. The third-order valence-corrected chi connectivity index (χ3v) is 5.36. The van der Waals surface area contributed by atoms with Crippen LogP contribution in [0.15, 0.2) is 36.4 Å². The molecule has 2 N–H and O–H groups in total. The molecule has 1 saturated heterocycles. The van der Waals surface area contributed by atoms with E-state index in [1.54, 1.807) is 0 Å². The van der Waals surface area contributed by atoms with Crippen LogP contribution in [0.4, 0.5) is 0 Å². The van der Waals surface area contributed by atoms with E-state index in [9.17, 15) is 10.2 Å². The van der Waals surface area contributed by atoms with Gasteiger partial charge in [-0.1, -0.05) is 38.1 Å². The lowest BCUT2D eigenvalue weighted by Crippen LogP contribution is -2.45. The number of benzene rings is 2. The summed E-state index contributed by atoms with van der Waals surface area (Å²) in [4.78, 5) is 4.79. The van der Waals surface area contributed by atoms with Crippen LogP contribution in [-0.4, -0.2) is 46.2 Å². The maximum absolute atomic E-state index is 10.1. The molecule has 1 heterocycles. The Morgan fingerprint density at radius 3 is 1.46 bits per heavy atom. The zero-order chi connectivity index (χ0) is 18.5. The average Bonchev–Trinajstić information content (AvgIpc) is 2.66. The molecule has 4 nitrogen and oxygen atoms in total. The Bertz CT molecular complexity index is 684. The van der Waals surface area contributed by atoms with Crippen molar-refractivity contribution in [1.82, 2.24) is 9.80 Å². The van der Waals surface area contributed by atoms with E-state index in [0.717, 1.165) is 63.2 Å². The summed E-state index contributed by atoms with van der Waals surface area (Å²) in [5, 5.41) is 20.2. The highest BCUT2D eigenvalue weighted by molar-refractivity contribution is 5.37. The van der Waals surface area contributed by atoms with Crippen LogP contribution in [0.1, 0.15) is 39.0 Å². The van der Waals surface area contributed by atoms with E-state index < -0.39 is 0 Å². The fraction of sp³-hybridized carbons (Fsp3) is 0.455. The van der Waals surface area contributed by atoms with Crippen molar-refractivity contribution in [3.63, 3.8) is 0 Å². The number of hydrogen-bond donors (Lipinski definition) is 2. The predicted octanol–water partition coefficient (Wildman–Crippen LogP) is 4.03. The summed E-state index contributed by atoms with van der Waals surface area (Å²) in [6.45, 7) is 9.77. The van der Waals surface area contributed by atoms with Crippen molar-refractivity contribution >= 4 is 0 Å². The molecule has 1 aliphatic rings. The van der Waals surface area contributed by atoms with E-state index in [2.05, 4.69) is 35.8 Å². The fourth-order valence-electron chi connectivity index (χ4n) is 3.56. The first kappa shape index (κ1) is 18.7. The number of nitrogens with zero attached hydrogens (tertiary/aromatic N) is 2. The summed E-state index contributed by atoms with van der Waals surface area (Å²) in [5.74, 6) is 0.789. The lowest BCUT2D eigenvalue weighted by atomic mass is 10.1. The molecule has 26 heavy (non-hydrogen) atoms. The number of piperazine rings is 1. The molecule has 0 bridgehead atoms. The molecular formula is C22H34N2O2. The van der Waals surface area contributed by atoms with Crippen molar-refractivity contribution in [1.29, 1.82) is 0 Å². The van der Waals surface area contributed by atoms with E-state index in [0.29, 0.717) is 11.5 Å². The van der Waals surface area contributed by atoms with E-state index in [-0.39, 0.29) is 2.85 Å². The lowest BCUT2D eigenvalue weighted by molar-refractivity contribution is 0.120. The Kier molecular flexibility index (Phi) is 6.17. The summed E-state index contributed by atoms with van der Waals surface area (Å²) < 4.78 is 0. The summed E-state index contributed by atoms with van der Waals surface area (Å²) in [5.41, 5.74) is 4.57. The molecule has 0 aliphatic carbocycles. The highest BCUT2D eigenvalue weighted by atomic mass is 16.3. The van der Waals surface area contributed by atoms with E-state index in [1.807, 2.05) is 24.3 Å². The van der Waals surface area contributed by atoms with Gasteiger partial charge in [-0.3, -0.25) is 9.80 Å². The average molecular weight is 359 g/mol.